The fourth-order valence-corrected chi connectivity index (χ4v) is 0.773. The zero-order chi connectivity index (χ0) is 9.14. The van der Waals surface area contributed by atoms with E-state index in [2.05, 4.69) is 14.7 Å². The number of nitrogens with zero attached hydrogens (tertiary/aromatic N) is 2. The summed E-state index contributed by atoms with van der Waals surface area (Å²) in [6.07, 6.45) is 0. The van der Waals surface area contributed by atoms with Gasteiger partial charge in [-0.05, 0) is 0 Å². The van der Waals surface area contributed by atoms with Gasteiger partial charge in [-0.25, -0.2) is 4.79 Å². The average Bonchev–Trinajstić information content (AvgIpc) is 2.03. The van der Waals surface area contributed by atoms with Crippen molar-refractivity contribution in [3.63, 3.8) is 0 Å². The van der Waals surface area contributed by atoms with Gasteiger partial charge in [0, 0.05) is 6.07 Å². The minimum atomic E-state index is -1.17. The minimum Gasteiger partial charge on any atom is -0.477 e. The summed E-state index contributed by atoms with van der Waals surface area (Å²) in [5, 5.41) is 8.57. The Morgan fingerprint density at radius 1 is 1.67 bits per heavy atom. The number of methoxy groups -OCH3 is 1. The topological polar surface area (TPSA) is 72.3 Å². The number of ether oxygens (including phenoxy) is 1. The summed E-state index contributed by atoms with van der Waals surface area (Å²) < 4.78 is 4.62. The summed E-state index contributed by atoms with van der Waals surface area (Å²) in [7, 11) is 1.33. The average molecular weight is 189 g/mol. The predicted molar refractivity (Wildman–Crippen MR) is 40.6 cm³/mol. The van der Waals surface area contributed by atoms with Crippen LogP contribution in [-0.4, -0.2) is 28.2 Å². The van der Waals surface area contributed by atoms with Gasteiger partial charge in [0.15, 0.2) is 5.69 Å². The number of hydrogen-bond acceptors (Lipinski definition) is 4. The molecule has 0 aliphatic carbocycles. The first-order valence-electron chi connectivity index (χ1n) is 2.95. The van der Waals surface area contributed by atoms with Crippen LogP contribution in [0, 0.1) is 0 Å². The number of rotatable bonds is 2. The van der Waals surface area contributed by atoms with Gasteiger partial charge in [-0.15, -0.1) is 0 Å². The molecule has 0 saturated heterocycles. The highest BCUT2D eigenvalue weighted by Gasteiger charge is 2.08. The number of hydrogen-bond donors (Lipinski definition) is 1. The molecule has 1 heterocycles. The molecule has 0 aromatic carbocycles. The lowest BCUT2D eigenvalue weighted by Crippen LogP contribution is -2.03. The van der Waals surface area contributed by atoms with E-state index in [0.717, 1.165) is 6.07 Å². The molecule has 0 amide bonds. The van der Waals surface area contributed by atoms with Crippen molar-refractivity contribution < 1.29 is 14.6 Å². The lowest BCUT2D eigenvalue weighted by Gasteiger charge is -1.98. The maximum Gasteiger partial charge on any atom is 0.354 e. The van der Waals surface area contributed by atoms with Crippen LogP contribution in [-0.2, 0) is 0 Å². The van der Waals surface area contributed by atoms with E-state index in [1.807, 2.05) is 0 Å². The van der Waals surface area contributed by atoms with E-state index in [1.165, 1.54) is 7.11 Å². The third-order valence-electron chi connectivity index (χ3n) is 1.08. The van der Waals surface area contributed by atoms with Gasteiger partial charge >= 0.3 is 12.0 Å². The molecule has 0 aliphatic rings. The van der Waals surface area contributed by atoms with Crippen LogP contribution in [0.3, 0.4) is 0 Å². The van der Waals surface area contributed by atoms with Gasteiger partial charge in [0.25, 0.3) is 0 Å². The second-order valence-corrected chi connectivity index (χ2v) is 2.26. The van der Waals surface area contributed by atoms with E-state index >= 15 is 0 Å². The van der Waals surface area contributed by atoms with Crippen molar-refractivity contribution >= 4 is 17.6 Å². The summed E-state index contributed by atoms with van der Waals surface area (Å²) >= 11 is 5.48. The van der Waals surface area contributed by atoms with E-state index in [1.54, 1.807) is 0 Å². The molecule has 0 atom stereocenters. The van der Waals surface area contributed by atoms with Crippen LogP contribution < -0.4 is 4.74 Å². The maximum absolute atomic E-state index is 10.4. The quantitative estimate of drug-likeness (QED) is 0.697. The number of aromatic carboxylic acids is 1. The Bertz CT molecular complexity index is 316. The van der Waals surface area contributed by atoms with Gasteiger partial charge < -0.3 is 9.84 Å². The third-order valence-corrected chi connectivity index (χ3v) is 1.27. The normalized spacial score (nSPS) is 9.50. The zero-order valence-electron chi connectivity index (χ0n) is 6.11. The first-order valence-corrected chi connectivity index (χ1v) is 3.33. The first kappa shape index (κ1) is 8.73. The first-order chi connectivity index (χ1) is 5.63. The van der Waals surface area contributed by atoms with Gasteiger partial charge in [-0.1, -0.05) is 11.6 Å². The lowest BCUT2D eigenvalue weighted by molar-refractivity contribution is 0.0689. The molecule has 1 N–H and O–H groups in total. The molecule has 0 saturated carbocycles. The summed E-state index contributed by atoms with van der Waals surface area (Å²) in [6.45, 7) is 0. The Hall–Kier alpha value is -1.36. The highest BCUT2D eigenvalue weighted by atomic mass is 35.5. The number of carboxylic acids is 1. The van der Waals surface area contributed by atoms with E-state index in [0.29, 0.717) is 0 Å². The molecular weight excluding hydrogens is 184 g/mol. The Kier molecular flexibility index (Phi) is 2.44. The fraction of sp³-hybridized carbons (Fsp3) is 0.167. The fourth-order valence-electron chi connectivity index (χ4n) is 0.598. The van der Waals surface area contributed by atoms with E-state index < -0.39 is 5.97 Å². The minimum absolute atomic E-state index is 0.0410. The number of aromatic nitrogens is 2. The van der Waals surface area contributed by atoms with E-state index in [4.69, 9.17) is 16.7 Å². The molecule has 0 aliphatic heterocycles. The SMILES string of the molecule is COc1nc(Cl)cc(C(=O)O)n1. The van der Waals surface area contributed by atoms with Crippen LogP contribution in [0.1, 0.15) is 10.5 Å². The molecular formula is C6H5ClN2O3. The second-order valence-electron chi connectivity index (χ2n) is 1.87. The molecule has 0 fully saturated rings. The summed E-state index contributed by atoms with van der Waals surface area (Å²) in [4.78, 5) is 17.6. The van der Waals surface area contributed by atoms with Crippen molar-refractivity contribution in [3.8, 4) is 6.01 Å². The van der Waals surface area contributed by atoms with Gasteiger partial charge in [-0.2, -0.15) is 9.97 Å². The molecule has 0 spiro atoms. The number of carbonyl (C=O) groups is 1. The van der Waals surface area contributed by atoms with Crippen LogP contribution in [0.5, 0.6) is 6.01 Å². The monoisotopic (exact) mass is 188 g/mol. The zero-order valence-corrected chi connectivity index (χ0v) is 6.87. The third kappa shape index (κ3) is 1.82. The van der Waals surface area contributed by atoms with Crippen LogP contribution in [0.25, 0.3) is 0 Å². The van der Waals surface area contributed by atoms with Crippen LogP contribution >= 0.6 is 11.6 Å². The van der Waals surface area contributed by atoms with E-state index in [-0.39, 0.29) is 16.9 Å². The summed E-state index contributed by atoms with van der Waals surface area (Å²) in [6, 6.07) is 1.09. The molecule has 6 heteroatoms. The second kappa shape index (κ2) is 3.36. The molecule has 64 valence electrons. The van der Waals surface area contributed by atoms with Crippen molar-refractivity contribution in [2.45, 2.75) is 0 Å². The standard InChI is InChI=1S/C6H5ClN2O3/c1-12-6-8-3(5(10)11)2-4(7)9-6/h2H,1H3,(H,10,11). The summed E-state index contributed by atoms with van der Waals surface area (Å²) in [5.74, 6) is -1.17. The van der Waals surface area contributed by atoms with Crippen molar-refractivity contribution in [1.82, 2.24) is 9.97 Å². The number of halogens is 1. The highest BCUT2D eigenvalue weighted by molar-refractivity contribution is 6.29. The Morgan fingerprint density at radius 2 is 2.33 bits per heavy atom. The lowest BCUT2D eigenvalue weighted by atomic mass is 10.4. The Labute approximate surface area is 73.0 Å². The van der Waals surface area contributed by atoms with Crippen LogP contribution in [0.2, 0.25) is 5.15 Å². The predicted octanol–water partition coefficient (Wildman–Crippen LogP) is 0.837. The molecule has 1 aromatic heterocycles. The molecule has 1 aromatic rings. The van der Waals surface area contributed by atoms with Crippen LogP contribution in [0.15, 0.2) is 6.07 Å². The van der Waals surface area contributed by atoms with Gasteiger partial charge in [0.1, 0.15) is 5.15 Å². The van der Waals surface area contributed by atoms with E-state index in [9.17, 15) is 4.79 Å². The molecule has 5 nitrogen and oxygen atoms in total. The van der Waals surface area contributed by atoms with Crippen LogP contribution in [0.4, 0.5) is 0 Å². The van der Waals surface area contributed by atoms with Crippen molar-refractivity contribution in [3.05, 3.63) is 16.9 Å². The van der Waals surface area contributed by atoms with Crippen molar-refractivity contribution in [2.75, 3.05) is 7.11 Å². The Morgan fingerprint density at radius 3 is 2.83 bits per heavy atom. The molecule has 12 heavy (non-hydrogen) atoms. The van der Waals surface area contributed by atoms with Gasteiger partial charge in [0.2, 0.25) is 0 Å². The molecule has 0 bridgehead atoms. The smallest absolute Gasteiger partial charge is 0.354 e. The molecule has 0 radical (unpaired) electrons. The van der Waals surface area contributed by atoms with Gasteiger partial charge in [0.05, 0.1) is 7.11 Å². The largest absolute Gasteiger partial charge is 0.477 e. The number of carboxylic acid groups (broad SMARTS) is 1. The van der Waals surface area contributed by atoms with Gasteiger partial charge in [-0.3, -0.25) is 0 Å². The van der Waals surface area contributed by atoms with Crippen molar-refractivity contribution in [1.29, 1.82) is 0 Å². The molecule has 1 rings (SSSR count). The highest BCUT2D eigenvalue weighted by Crippen LogP contribution is 2.11. The summed E-state index contributed by atoms with van der Waals surface area (Å²) in [5.41, 5.74) is -0.188. The Balaban J connectivity index is 3.15. The maximum atomic E-state index is 10.4. The van der Waals surface area contributed by atoms with Crippen molar-refractivity contribution in [2.24, 2.45) is 0 Å². The molecule has 0 unspecified atom stereocenters.